The van der Waals surface area contributed by atoms with Gasteiger partial charge in [-0.3, -0.25) is 9.44 Å². The topological polar surface area (TPSA) is 116 Å². The van der Waals surface area contributed by atoms with Crippen molar-refractivity contribution in [1.29, 1.82) is 5.26 Å². The number of nitriles is 1. The summed E-state index contributed by atoms with van der Waals surface area (Å²) in [5.74, 6) is 0. The van der Waals surface area contributed by atoms with Crippen LogP contribution < -0.4 is 9.44 Å². The molecule has 0 aliphatic rings. The third-order valence-electron chi connectivity index (χ3n) is 3.46. The normalized spacial score (nSPS) is 11.8. The quantitative estimate of drug-likeness (QED) is 0.799. The first-order chi connectivity index (χ1) is 11.7. The zero-order chi connectivity index (χ0) is 18.7. The summed E-state index contributed by atoms with van der Waals surface area (Å²) >= 11 is 0. The van der Waals surface area contributed by atoms with Gasteiger partial charge in [-0.05, 0) is 37.1 Å². The van der Waals surface area contributed by atoms with E-state index in [-0.39, 0.29) is 11.4 Å². The Labute approximate surface area is 147 Å². The maximum atomic E-state index is 12.5. The van der Waals surface area contributed by atoms with E-state index >= 15 is 0 Å². The predicted octanol–water partition coefficient (Wildman–Crippen LogP) is 2.34. The number of hydrogen-bond acceptors (Lipinski definition) is 5. The molecule has 0 saturated heterocycles. The summed E-state index contributed by atoms with van der Waals surface area (Å²) in [6, 6.07) is 14.3. The van der Waals surface area contributed by atoms with E-state index in [0.717, 1.165) is 0 Å². The van der Waals surface area contributed by atoms with Crippen LogP contribution in [0.3, 0.4) is 0 Å². The summed E-state index contributed by atoms with van der Waals surface area (Å²) in [7, 11) is -9.00. The molecule has 0 unspecified atom stereocenters. The van der Waals surface area contributed by atoms with Crippen LogP contribution in [0.4, 0.5) is 11.4 Å². The van der Waals surface area contributed by atoms with Gasteiger partial charge in [0.1, 0.15) is 6.07 Å². The Morgan fingerprint density at radius 3 is 1.48 bits per heavy atom. The fourth-order valence-electron chi connectivity index (χ4n) is 2.09. The summed E-state index contributed by atoms with van der Waals surface area (Å²) < 4.78 is 51.9. The minimum atomic E-state index is -4.50. The van der Waals surface area contributed by atoms with Gasteiger partial charge in [0.25, 0.3) is 24.6 Å². The molecule has 2 N–H and O–H groups in total. The Morgan fingerprint density at radius 2 is 1.16 bits per heavy atom. The molecular weight excluding hydrogens is 362 g/mol. The van der Waals surface area contributed by atoms with E-state index in [1.807, 2.05) is 0 Å². The Morgan fingerprint density at radius 1 is 0.800 bits per heavy atom. The van der Waals surface area contributed by atoms with E-state index in [2.05, 4.69) is 9.44 Å². The van der Waals surface area contributed by atoms with Gasteiger partial charge in [-0.25, -0.2) is 16.8 Å². The SMILES string of the molecule is Cc1ccccc1NS(=O)(=O)C(C#N)S(=O)(=O)Nc1ccccc1C. The zero-order valence-corrected chi connectivity index (χ0v) is 15.2. The second-order valence-electron chi connectivity index (χ2n) is 5.39. The average Bonchev–Trinajstić information content (AvgIpc) is 2.51. The van der Waals surface area contributed by atoms with Gasteiger partial charge in [-0.1, -0.05) is 36.4 Å². The Bertz CT molecular complexity index is 948. The minimum Gasteiger partial charge on any atom is -0.281 e. The first kappa shape index (κ1) is 18.8. The Kier molecular flexibility index (Phi) is 5.35. The molecule has 0 aliphatic heterocycles. The molecule has 0 aliphatic carbocycles. The van der Waals surface area contributed by atoms with E-state index < -0.39 is 24.6 Å². The van der Waals surface area contributed by atoms with Crippen LogP contribution in [0.15, 0.2) is 48.5 Å². The number of nitrogens with zero attached hydrogens (tertiary/aromatic N) is 1. The molecule has 0 fully saturated rings. The number of aryl methyl sites for hydroxylation is 2. The standard InChI is InChI=1S/C16H17N3O4S2/c1-12-7-3-5-9-14(12)18-24(20,21)16(11-17)25(22,23)19-15-10-6-4-8-13(15)2/h3-10,16,18-19H,1-2H3. The molecule has 25 heavy (non-hydrogen) atoms. The van der Waals surface area contributed by atoms with Crippen molar-refractivity contribution >= 4 is 31.4 Å². The summed E-state index contributed by atoms with van der Waals surface area (Å²) in [6.45, 7) is 3.33. The molecule has 2 aromatic carbocycles. The molecule has 0 aromatic heterocycles. The third kappa shape index (κ3) is 4.29. The van der Waals surface area contributed by atoms with E-state index in [1.54, 1.807) is 50.2 Å². The molecule has 0 saturated carbocycles. The van der Waals surface area contributed by atoms with Gasteiger partial charge in [-0.2, -0.15) is 5.26 Å². The van der Waals surface area contributed by atoms with Gasteiger partial charge in [0.05, 0.1) is 11.4 Å². The number of nitrogens with one attached hydrogen (secondary N) is 2. The number of rotatable bonds is 6. The predicted molar refractivity (Wildman–Crippen MR) is 96.8 cm³/mol. The highest BCUT2D eigenvalue weighted by Crippen LogP contribution is 2.22. The molecule has 0 spiro atoms. The van der Waals surface area contributed by atoms with Crippen molar-refractivity contribution in [3.05, 3.63) is 59.7 Å². The largest absolute Gasteiger partial charge is 0.285 e. The monoisotopic (exact) mass is 379 g/mol. The molecular formula is C16H17N3O4S2. The van der Waals surface area contributed by atoms with Crippen molar-refractivity contribution in [3.8, 4) is 6.07 Å². The lowest BCUT2D eigenvalue weighted by Crippen LogP contribution is -2.37. The fraction of sp³-hybridized carbons (Fsp3) is 0.188. The Balaban J connectivity index is 2.36. The van der Waals surface area contributed by atoms with E-state index in [9.17, 15) is 22.1 Å². The van der Waals surface area contributed by atoms with Crippen LogP contribution in [0.25, 0.3) is 0 Å². The lowest BCUT2D eigenvalue weighted by atomic mass is 10.2. The van der Waals surface area contributed by atoms with Crippen LogP contribution in [0.2, 0.25) is 0 Å². The van der Waals surface area contributed by atoms with Crippen molar-refractivity contribution in [2.75, 3.05) is 9.44 Å². The molecule has 7 nitrogen and oxygen atoms in total. The lowest BCUT2D eigenvalue weighted by Gasteiger charge is -2.16. The van der Waals surface area contributed by atoms with Crippen molar-refractivity contribution in [3.63, 3.8) is 0 Å². The van der Waals surface area contributed by atoms with E-state index in [0.29, 0.717) is 11.1 Å². The number of para-hydroxylation sites is 2. The maximum Gasteiger partial charge on any atom is 0.285 e. The van der Waals surface area contributed by atoms with Crippen LogP contribution in [-0.2, 0) is 20.0 Å². The second-order valence-corrected chi connectivity index (χ2v) is 9.21. The van der Waals surface area contributed by atoms with Gasteiger partial charge >= 0.3 is 0 Å². The van der Waals surface area contributed by atoms with Gasteiger partial charge < -0.3 is 0 Å². The summed E-state index contributed by atoms with van der Waals surface area (Å²) in [5.41, 5.74) is 1.64. The molecule has 0 heterocycles. The minimum absolute atomic E-state index is 0.217. The number of hydrogen-bond donors (Lipinski definition) is 2. The van der Waals surface area contributed by atoms with Gasteiger partial charge in [0.15, 0.2) is 0 Å². The molecule has 0 radical (unpaired) electrons. The van der Waals surface area contributed by atoms with E-state index in [4.69, 9.17) is 0 Å². The molecule has 9 heteroatoms. The van der Waals surface area contributed by atoms with Crippen LogP contribution in [-0.4, -0.2) is 21.4 Å². The third-order valence-corrected chi connectivity index (χ3v) is 7.33. The molecule has 132 valence electrons. The average molecular weight is 379 g/mol. The van der Waals surface area contributed by atoms with Crippen LogP contribution >= 0.6 is 0 Å². The van der Waals surface area contributed by atoms with E-state index in [1.165, 1.54) is 18.2 Å². The smallest absolute Gasteiger partial charge is 0.281 e. The zero-order valence-electron chi connectivity index (χ0n) is 13.6. The number of benzene rings is 2. The van der Waals surface area contributed by atoms with Crippen molar-refractivity contribution in [2.24, 2.45) is 0 Å². The Hall–Kier alpha value is -2.57. The first-order valence-electron chi connectivity index (χ1n) is 7.21. The second kappa shape index (κ2) is 7.13. The van der Waals surface area contributed by atoms with Crippen LogP contribution in [0, 0.1) is 25.2 Å². The molecule has 2 rings (SSSR count). The van der Waals surface area contributed by atoms with Gasteiger partial charge in [0, 0.05) is 0 Å². The van der Waals surface area contributed by atoms with Crippen LogP contribution in [0.5, 0.6) is 0 Å². The molecule has 0 bridgehead atoms. The summed E-state index contributed by atoms with van der Waals surface area (Å²) in [4.78, 5) is 0. The van der Waals surface area contributed by atoms with Gasteiger partial charge in [0.2, 0.25) is 0 Å². The van der Waals surface area contributed by atoms with Crippen LogP contribution in [0.1, 0.15) is 11.1 Å². The molecule has 0 atom stereocenters. The van der Waals surface area contributed by atoms with Gasteiger partial charge in [-0.15, -0.1) is 0 Å². The molecule has 2 aromatic rings. The highest BCUT2D eigenvalue weighted by atomic mass is 32.3. The maximum absolute atomic E-state index is 12.5. The van der Waals surface area contributed by atoms with Crippen molar-refractivity contribution < 1.29 is 16.8 Å². The number of anilines is 2. The highest BCUT2D eigenvalue weighted by molar-refractivity contribution is 8.10. The number of sulfonamides is 2. The van der Waals surface area contributed by atoms with Crippen molar-refractivity contribution in [1.82, 2.24) is 0 Å². The highest BCUT2D eigenvalue weighted by Gasteiger charge is 2.38. The summed E-state index contributed by atoms with van der Waals surface area (Å²) in [6.07, 6.45) is 0. The van der Waals surface area contributed by atoms with Crippen molar-refractivity contribution in [2.45, 2.75) is 18.4 Å². The summed E-state index contributed by atoms with van der Waals surface area (Å²) in [5, 5.41) is 9.20. The first-order valence-corrected chi connectivity index (χ1v) is 10.3. The molecule has 0 amide bonds. The lowest BCUT2D eigenvalue weighted by molar-refractivity contribution is 0.588. The fourth-order valence-corrected chi connectivity index (χ4v) is 5.28.